The van der Waals surface area contributed by atoms with Gasteiger partial charge in [-0.1, -0.05) is 12.1 Å². The molecule has 2 aromatic rings. The topological polar surface area (TPSA) is 63.2 Å². The maximum Gasteiger partial charge on any atom is 0.309 e. The number of fused-ring (bicyclic) bond motifs is 1. The average molecular weight is 370 g/mol. The van der Waals surface area contributed by atoms with E-state index in [2.05, 4.69) is 0 Å². The third-order valence-electron chi connectivity index (χ3n) is 5.15. The highest BCUT2D eigenvalue weighted by Gasteiger charge is 2.37. The summed E-state index contributed by atoms with van der Waals surface area (Å²) in [5, 5.41) is 0. The molecule has 6 nitrogen and oxygen atoms in total. The van der Waals surface area contributed by atoms with Crippen LogP contribution in [-0.2, 0) is 22.4 Å². The van der Waals surface area contributed by atoms with Gasteiger partial charge < -0.3 is 23.7 Å². The van der Waals surface area contributed by atoms with Gasteiger partial charge in [-0.05, 0) is 48.2 Å². The van der Waals surface area contributed by atoms with E-state index in [1.54, 1.807) is 14.2 Å². The number of ether oxygens (including phenoxy) is 5. The van der Waals surface area contributed by atoms with Crippen LogP contribution in [0.25, 0.3) is 0 Å². The second-order valence-corrected chi connectivity index (χ2v) is 6.78. The molecule has 2 aliphatic heterocycles. The molecule has 0 radical (unpaired) electrons. The van der Waals surface area contributed by atoms with Gasteiger partial charge in [-0.15, -0.1) is 0 Å². The van der Waals surface area contributed by atoms with Gasteiger partial charge in [0.25, 0.3) is 0 Å². The van der Waals surface area contributed by atoms with E-state index >= 15 is 0 Å². The lowest BCUT2D eigenvalue weighted by Gasteiger charge is -2.16. The van der Waals surface area contributed by atoms with Crippen molar-refractivity contribution in [1.82, 2.24) is 0 Å². The summed E-state index contributed by atoms with van der Waals surface area (Å²) in [6.45, 7) is 0.691. The zero-order valence-electron chi connectivity index (χ0n) is 15.4. The lowest BCUT2D eigenvalue weighted by atomic mass is 9.85. The average Bonchev–Trinajstić information content (AvgIpc) is 3.29. The number of hydrogen-bond acceptors (Lipinski definition) is 6. The Morgan fingerprint density at radius 1 is 0.889 bits per heavy atom. The molecule has 0 spiro atoms. The van der Waals surface area contributed by atoms with Crippen molar-refractivity contribution < 1.29 is 28.5 Å². The molecule has 4 rings (SSSR count). The second kappa shape index (κ2) is 7.39. The number of carbonyl (C=O) groups is 1. The monoisotopic (exact) mass is 370 g/mol. The van der Waals surface area contributed by atoms with Gasteiger partial charge in [-0.25, -0.2) is 0 Å². The van der Waals surface area contributed by atoms with E-state index in [4.69, 9.17) is 23.7 Å². The Balaban J connectivity index is 1.50. The summed E-state index contributed by atoms with van der Waals surface area (Å²) < 4.78 is 26.8. The smallest absolute Gasteiger partial charge is 0.309 e. The molecule has 0 amide bonds. The Bertz CT molecular complexity index is 847. The molecule has 2 aliphatic rings. The molecule has 27 heavy (non-hydrogen) atoms. The summed E-state index contributed by atoms with van der Waals surface area (Å²) in [5.41, 5.74) is 2.13. The normalized spacial score (nSPS) is 20.4. The lowest BCUT2D eigenvalue weighted by molar-refractivity contribution is -0.141. The van der Waals surface area contributed by atoms with Crippen molar-refractivity contribution in [3.8, 4) is 23.0 Å². The van der Waals surface area contributed by atoms with Gasteiger partial charge in [-0.2, -0.15) is 0 Å². The maximum atomic E-state index is 12.3. The summed E-state index contributed by atoms with van der Waals surface area (Å²) in [5.74, 6) is 2.64. The molecule has 0 aromatic heterocycles. The molecule has 1 fully saturated rings. The Morgan fingerprint density at radius 2 is 1.63 bits per heavy atom. The third kappa shape index (κ3) is 3.52. The van der Waals surface area contributed by atoms with Crippen LogP contribution in [0.15, 0.2) is 36.4 Å². The summed E-state index contributed by atoms with van der Waals surface area (Å²) in [7, 11) is 3.21. The SMILES string of the molecule is COc1ccc(C[C@@H]2C(=O)OCC2Cc2ccc3c(c2)OCO3)cc1OC. The van der Waals surface area contributed by atoms with Crippen molar-refractivity contribution in [1.29, 1.82) is 0 Å². The van der Waals surface area contributed by atoms with E-state index in [1.807, 2.05) is 36.4 Å². The number of hydrogen-bond donors (Lipinski definition) is 0. The zero-order valence-corrected chi connectivity index (χ0v) is 15.4. The molecule has 0 N–H and O–H groups in total. The van der Waals surface area contributed by atoms with Gasteiger partial charge in [0, 0.05) is 5.92 Å². The van der Waals surface area contributed by atoms with Crippen molar-refractivity contribution in [3.05, 3.63) is 47.5 Å². The Morgan fingerprint density at radius 3 is 2.44 bits per heavy atom. The molecule has 0 aliphatic carbocycles. The molecule has 0 bridgehead atoms. The molecule has 0 saturated carbocycles. The second-order valence-electron chi connectivity index (χ2n) is 6.78. The van der Waals surface area contributed by atoms with Crippen LogP contribution < -0.4 is 18.9 Å². The number of benzene rings is 2. The van der Waals surface area contributed by atoms with Gasteiger partial charge in [0.05, 0.1) is 26.7 Å². The van der Waals surface area contributed by atoms with Crippen molar-refractivity contribution in [2.45, 2.75) is 12.8 Å². The van der Waals surface area contributed by atoms with E-state index in [1.165, 1.54) is 0 Å². The number of rotatable bonds is 6. The highest BCUT2D eigenvalue weighted by atomic mass is 16.7. The van der Waals surface area contributed by atoms with Crippen LogP contribution in [0.2, 0.25) is 0 Å². The van der Waals surface area contributed by atoms with Gasteiger partial charge in [0.2, 0.25) is 6.79 Å². The Labute approximate surface area is 157 Å². The third-order valence-corrected chi connectivity index (χ3v) is 5.15. The highest BCUT2D eigenvalue weighted by molar-refractivity contribution is 5.75. The van der Waals surface area contributed by atoms with Crippen LogP contribution in [0.4, 0.5) is 0 Å². The molecule has 1 unspecified atom stereocenters. The van der Waals surface area contributed by atoms with Crippen LogP contribution in [0.3, 0.4) is 0 Å². The van der Waals surface area contributed by atoms with Crippen molar-refractivity contribution in [2.75, 3.05) is 27.6 Å². The summed E-state index contributed by atoms with van der Waals surface area (Å²) in [4.78, 5) is 12.3. The maximum absolute atomic E-state index is 12.3. The summed E-state index contributed by atoms with van der Waals surface area (Å²) in [6.07, 6.45) is 1.36. The number of cyclic esters (lactones) is 1. The van der Waals surface area contributed by atoms with Gasteiger partial charge in [-0.3, -0.25) is 4.79 Å². The fourth-order valence-corrected chi connectivity index (χ4v) is 3.69. The first-order valence-corrected chi connectivity index (χ1v) is 8.94. The van der Waals surface area contributed by atoms with E-state index in [9.17, 15) is 4.79 Å². The van der Waals surface area contributed by atoms with Crippen LogP contribution in [0.1, 0.15) is 11.1 Å². The highest BCUT2D eigenvalue weighted by Crippen LogP contribution is 2.36. The van der Waals surface area contributed by atoms with Gasteiger partial charge in [0.15, 0.2) is 23.0 Å². The summed E-state index contributed by atoms with van der Waals surface area (Å²) in [6, 6.07) is 11.7. The van der Waals surface area contributed by atoms with Crippen molar-refractivity contribution in [3.63, 3.8) is 0 Å². The minimum atomic E-state index is -0.187. The molecular weight excluding hydrogens is 348 g/mol. The number of esters is 1. The van der Waals surface area contributed by atoms with Crippen LogP contribution in [-0.4, -0.2) is 33.6 Å². The van der Waals surface area contributed by atoms with Crippen LogP contribution >= 0.6 is 0 Å². The number of carbonyl (C=O) groups excluding carboxylic acids is 1. The fraction of sp³-hybridized carbons (Fsp3) is 0.381. The fourth-order valence-electron chi connectivity index (χ4n) is 3.69. The minimum absolute atomic E-state index is 0.117. The Kier molecular flexibility index (Phi) is 4.79. The van der Waals surface area contributed by atoms with E-state index in [0.717, 1.165) is 29.0 Å². The first-order valence-electron chi connectivity index (χ1n) is 8.94. The molecule has 2 heterocycles. The quantitative estimate of drug-likeness (QED) is 0.729. The molecule has 2 atom stereocenters. The van der Waals surface area contributed by atoms with E-state index in [0.29, 0.717) is 24.5 Å². The zero-order chi connectivity index (χ0) is 18.8. The lowest BCUT2D eigenvalue weighted by Crippen LogP contribution is -2.20. The minimum Gasteiger partial charge on any atom is -0.493 e. The van der Waals surface area contributed by atoms with Gasteiger partial charge in [0.1, 0.15) is 0 Å². The van der Waals surface area contributed by atoms with E-state index < -0.39 is 0 Å². The molecule has 6 heteroatoms. The summed E-state index contributed by atoms with van der Waals surface area (Å²) >= 11 is 0. The van der Waals surface area contributed by atoms with Crippen molar-refractivity contribution in [2.24, 2.45) is 11.8 Å². The standard InChI is InChI=1S/C21H22O6/c1-23-17-5-3-14(9-19(17)24-2)8-16-15(11-25-21(16)22)7-13-4-6-18-20(10-13)27-12-26-18/h3-6,9-10,15-16H,7-8,11-12H2,1-2H3/t15?,16-/m0/s1. The predicted molar refractivity (Wildman–Crippen MR) is 97.5 cm³/mol. The first-order chi connectivity index (χ1) is 13.2. The molecule has 142 valence electrons. The molecule has 1 saturated heterocycles. The Hall–Kier alpha value is -2.89. The van der Waals surface area contributed by atoms with Crippen molar-refractivity contribution >= 4 is 5.97 Å². The molecule has 2 aromatic carbocycles. The van der Waals surface area contributed by atoms with Gasteiger partial charge >= 0.3 is 5.97 Å². The predicted octanol–water partition coefficient (Wildman–Crippen LogP) is 3.01. The molecular formula is C21H22O6. The van der Waals surface area contributed by atoms with E-state index in [-0.39, 0.29) is 24.6 Å². The van der Waals surface area contributed by atoms with Crippen LogP contribution in [0, 0.1) is 11.8 Å². The first kappa shape index (κ1) is 17.5. The van der Waals surface area contributed by atoms with Crippen LogP contribution in [0.5, 0.6) is 23.0 Å². The number of methoxy groups -OCH3 is 2. The largest absolute Gasteiger partial charge is 0.493 e.